The van der Waals surface area contributed by atoms with E-state index in [1.165, 1.54) is 5.56 Å². The van der Waals surface area contributed by atoms with E-state index >= 15 is 0 Å². The second-order valence-electron chi connectivity index (χ2n) is 7.63. The van der Waals surface area contributed by atoms with Crippen LogP contribution in [0.5, 0.6) is 0 Å². The van der Waals surface area contributed by atoms with Gasteiger partial charge in [0, 0.05) is 39.5 Å². The van der Waals surface area contributed by atoms with Crippen LogP contribution >= 0.6 is 0 Å². The fourth-order valence-electron chi connectivity index (χ4n) is 3.40. The predicted molar refractivity (Wildman–Crippen MR) is 110 cm³/mol. The molecule has 1 aliphatic heterocycles. The highest BCUT2D eigenvalue weighted by Gasteiger charge is 2.23. The summed E-state index contributed by atoms with van der Waals surface area (Å²) in [5, 5.41) is 0. The summed E-state index contributed by atoms with van der Waals surface area (Å²) in [7, 11) is 4.06. The van der Waals surface area contributed by atoms with Crippen LogP contribution in [0.2, 0.25) is 0 Å². The largest absolute Gasteiger partial charge is 0.378 e. The van der Waals surface area contributed by atoms with Crippen molar-refractivity contribution in [2.45, 2.75) is 38.8 Å². The molecule has 1 heterocycles. The van der Waals surface area contributed by atoms with E-state index in [0.29, 0.717) is 19.5 Å². The van der Waals surface area contributed by atoms with Crippen LogP contribution in [0.4, 0.5) is 5.69 Å². The monoisotopic (exact) mass is 366 g/mol. The van der Waals surface area contributed by atoms with Crippen LogP contribution in [0.25, 0.3) is 0 Å². The van der Waals surface area contributed by atoms with Crippen molar-refractivity contribution in [1.29, 1.82) is 0 Å². The Morgan fingerprint density at radius 2 is 1.70 bits per heavy atom. The topological polar surface area (TPSA) is 32.8 Å². The zero-order valence-corrected chi connectivity index (χ0v) is 16.6. The minimum absolute atomic E-state index is 0.158. The van der Waals surface area contributed by atoms with Gasteiger partial charge in [0.05, 0.1) is 12.5 Å². The van der Waals surface area contributed by atoms with Gasteiger partial charge in [-0.25, -0.2) is 0 Å². The summed E-state index contributed by atoms with van der Waals surface area (Å²) in [6.45, 7) is 4.16. The maximum absolute atomic E-state index is 13.0. The first-order valence-electron chi connectivity index (χ1n) is 9.72. The van der Waals surface area contributed by atoms with Crippen LogP contribution in [0.15, 0.2) is 48.5 Å². The smallest absolute Gasteiger partial charge is 0.227 e. The number of anilines is 1. The maximum atomic E-state index is 13.0. The van der Waals surface area contributed by atoms with Gasteiger partial charge in [-0.15, -0.1) is 0 Å². The Morgan fingerprint density at radius 1 is 1.04 bits per heavy atom. The number of hydrogen-bond donors (Lipinski definition) is 0. The number of carbonyl (C=O) groups is 1. The van der Waals surface area contributed by atoms with Gasteiger partial charge in [0.1, 0.15) is 0 Å². The van der Waals surface area contributed by atoms with Crippen LogP contribution in [-0.2, 0) is 22.5 Å². The first kappa shape index (κ1) is 19.4. The minimum atomic E-state index is 0.158. The van der Waals surface area contributed by atoms with Crippen molar-refractivity contribution < 1.29 is 9.53 Å². The van der Waals surface area contributed by atoms with Crippen molar-refractivity contribution in [3.63, 3.8) is 0 Å². The molecule has 3 rings (SSSR count). The van der Waals surface area contributed by atoms with E-state index in [-0.39, 0.29) is 12.0 Å². The highest BCUT2D eigenvalue weighted by Crippen LogP contribution is 2.18. The summed E-state index contributed by atoms with van der Waals surface area (Å²) in [4.78, 5) is 17.1. The molecule has 0 bridgehead atoms. The Bertz CT molecular complexity index is 732. The molecule has 1 unspecified atom stereocenters. The highest BCUT2D eigenvalue weighted by atomic mass is 16.5. The van der Waals surface area contributed by atoms with Crippen molar-refractivity contribution in [2.75, 3.05) is 32.1 Å². The lowest BCUT2D eigenvalue weighted by molar-refractivity contribution is -0.132. The van der Waals surface area contributed by atoms with Crippen LogP contribution in [0.1, 0.15) is 29.5 Å². The van der Waals surface area contributed by atoms with Gasteiger partial charge in [-0.3, -0.25) is 4.79 Å². The number of nitrogens with zero attached hydrogens (tertiary/aromatic N) is 2. The number of amides is 1. The minimum Gasteiger partial charge on any atom is -0.378 e. The van der Waals surface area contributed by atoms with Gasteiger partial charge in [-0.2, -0.15) is 0 Å². The third-order valence-electron chi connectivity index (χ3n) is 5.10. The SMILES string of the molecule is Cc1ccc(CC(=O)N(Cc2ccc(N(C)C)cc2)CC2CCCO2)cc1. The molecule has 1 atom stereocenters. The van der Waals surface area contributed by atoms with Gasteiger partial charge in [-0.1, -0.05) is 42.0 Å². The Balaban J connectivity index is 1.70. The van der Waals surface area contributed by atoms with Gasteiger partial charge in [0.2, 0.25) is 5.91 Å². The van der Waals surface area contributed by atoms with Crippen molar-refractivity contribution in [1.82, 2.24) is 4.90 Å². The van der Waals surface area contributed by atoms with Gasteiger partial charge in [0.15, 0.2) is 0 Å². The van der Waals surface area contributed by atoms with Crippen molar-refractivity contribution >= 4 is 11.6 Å². The van der Waals surface area contributed by atoms with Crippen molar-refractivity contribution in [3.8, 4) is 0 Å². The van der Waals surface area contributed by atoms with Gasteiger partial charge < -0.3 is 14.5 Å². The van der Waals surface area contributed by atoms with Crippen LogP contribution < -0.4 is 4.90 Å². The molecule has 2 aromatic rings. The molecule has 1 aliphatic rings. The Hall–Kier alpha value is -2.33. The summed E-state index contributed by atoms with van der Waals surface area (Å²) < 4.78 is 5.79. The lowest BCUT2D eigenvalue weighted by Gasteiger charge is -2.26. The number of benzene rings is 2. The molecule has 0 spiro atoms. The quantitative estimate of drug-likeness (QED) is 0.747. The summed E-state index contributed by atoms with van der Waals surface area (Å²) in [5.74, 6) is 0.158. The molecule has 0 saturated carbocycles. The van der Waals surface area contributed by atoms with Crippen molar-refractivity contribution in [2.24, 2.45) is 0 Å². The van der Waals surface area contributed by atoms with Crippen molar-refractivity contribution in [3.05, 3.63) is 65.2 Å². The van der Waals surface area contributed by atoms with Gasteiger partial charge in [0.25, 0.3) is 0 Å². The first-order chi connectivity index (χ1) is 13.0. The molecule has 0 radical (unpaired) electrons. The normalized spacial score (nSPS) is 16.3. The molecule has 144 valence electrons. The Kier molecular flexibility index (Phi) is 6.51. The van der Waals surface area contributed by atoms with Crippen LogP contribution in [0, 0.1) is 6.92 Å². The average Bonchev–Trinajstić information content (AvgIpc) is 3.16. The second-order valence-corrected chi connectivity index (χ2v) is 7.63. The average molecular weight is 367 g/mol. The standard InChI is InChI=1S/C23H30N2O2/c1-18-6-8-19(9-7-18)15-23(26)25(17-22-5-4-14-27-22)16-20-10-12-21(13-11-20)24(2)3/h6-13,22H,4-5,14-17H2,1-3H3. The second kappa shape index (κ2) is 9.05. The zero-order valence-electron chi connectivity index (χ0n) is 16.6. The fourth-order valence-corrected chi connectivity index (χ4v) is 3.40. The molecule has 2 aromatic carbocycles. The third kappa shape index (κ3) is 5.57. The number of hydrogen-bond acceptors (Lipinski definition) is 3. The Labute approximate surface area is 162 Å². The van der Waals surface area contributed by atoms with Gasteiger partial charge in [-0.05, 0) is 43.0 Å². The van der Waals surface area contributed by atoms with Crippen LogP contribution in [-0.4, -0.2) is 44.2 Å². The number of rotatable bonds is 7. The van der Waals surface area contributed by atoms with E-state index in [1.54, 1.807) is 0 Å². The third-order valence-corrected chi connectivity index (χ3v) is 5.10. The van der Waals surface area contributed by atoms with Crippen LogP contribution in [0.3, 0.4) is 0 Å². The first-order valence-corrected chi connectivity index (χ1v) is 9.72. The number of carbonyl (C=O) groups excluding carboxylic acids is 1. The summed E-state index contributed by atoms with van der Waals surface area (Å²) in [5.41, 5.74) is 4.58. The number of ether oxygens (including phenoxy) is 1. The van der Waals surface area contributed by atoms with E-state index < -0.39 is 0 Å². The molecule has 4 heteroatoms. The molecule has 27 heavy (non-hydrogen) atoms. The summed E-state index contributed by atoms with van der Waals surface area (Å²) in [6.07, 6.45) is 2.71. The van der Waals surface area contributed by atoms with E-state index in [1.807, 2.05) is 31.1 Å². The Morgan fingerprint density at radius 3 is 2.30 bits per heavy atom. The molecular weight excluding hydrogens is 336 g/mol. The summed E-state index contributed by atoms with van der Waals surface area (Å²) in [6, 6.07) is 16.6. The molecule has 0 aliphatic carbocycles. The lowest BCUT2D eigenvalue weighted by atomic mass is 10.1. The van der Waals surface area contributed by atoms with E-state index in [9.17, 15) is 4.79 Å². The van der Waals surface area contributed by atoms with E-state index in [2.05, 4.69) is 48.2 Å². The lowest BCUT2D eigenvalue weighted by Crippen LogP contribution is -2.37. The highest BCUT2D eigenvalue weighted by molar-refractivity contribution is 5.78. The molecule has 0 aromatic heterocycles. The molecule has 1 fully saturated rings. The van der Waals surface area contributed by atoms with Gasteiger partial charge >= 0.3 is 0 Å². The molecule has 1 saturated heterocycles. The fraction of sp³-hybridized carbons (Fsp3) is 0.435. The molecule has 1 amide bonds. The van der Waals surface area contributed by atoms with E-state index in [4.69, 9.17) is 4.74 Å². The maximum Gasteiger partial charge on any atom is 0.227 e. The zero-order chi connectivity index (χ0) is 19.2. The molecule has 4 nitrogen and oxygen atoms in total. The molecular formula is C23H30N2O2. The summed E-state index contributed by atoms with van der Waals surface area (Å²) >= 11 is 0. The molecule has 0 N–H and O–H groups in total. The van der Waals surface area contributed by atoms with E-state index in [0.717, 1.165) is 36.3 Å². The number of aryl methyl sites for hydroxylation is 1. The predicted octanol–water partition coefficient (Wildman–Crippen LogP) is 3.81.